The number of esters is 1. The number of carbonyl (C=O) groups excluding carboxylic acids is 1. The van der Waals surface area contributed by atoms with E-state index in [0.29, 0.717) is 44.7 Å². The summed E-state index contributed by atoms with van der Waals surface area (Å²) in [5.74, 6) is 0.616. The third-order valence-electron chi connectivity index (χ3n) is 8.53. The molecule has 0 bridgehead atoms. The van der Waals surface area contributed by atoms with Gasteiger partial charge in [0.15, 0.2) is 12.2 Å². The second-order valence-electron chi connectivity index (χ2n) is 11.7. The fourth-order valence-corrected chi connectivity index (χ4v) is 5.78. The SMILES string of the molecule is O=C1OC(COCC2C=CC=CC2)C(OCC23C=CC=CC2C3)CC1OCC1=CCCC=C1.OCC1=CC=CCC1. The zero-order chi connectivity index (χ0) is 28.3. The molecule has 5 aliphatic carbocycles. The quantitative estimate of drug-likeness (QED) is 0.318. The van der Waals surface area contributed by atoms with Gasteiger partial charge >= 0.3 is 5.97 Å². The average Bonchev–Trinajstić information content (AvgIpc) is 3.77. The molecule has 1 N–H and O–H groups in total. The Morgan fingerprint density at radius 3 is 2.63 bits per heavy atom. The molecule has 1 heterocycles. The van der Waals surface area contributed by atoms with Crippen LogP contribution in [0.2, 0.25) is 0 Å². The Balaban J connectivity index is 0.000000365. The zero-order valence-electron chi connectivity index (χ0n) is 23.9. The van der Waals surface area contributed by atoms with Crippen molar-refractivity contribution in [1.82, 2.24) is 0 Å². The second kappa shape index (κ2) is 14.9. The third-order valence-corrected chi connectivity index (χ3v) is 8.53. The van der Waals surface area contributed by atoms with Crippen LogP contribution in [-0.4, -0.2) is 62.4 Å². The monoisotopic (exact) mass is 560 g/mol. The molecule has 6 unspecified atom stereocenters. The lowest BCUT2D eigenvalue weighted by Crippen LogP contribution is -2.49. The Hall–Kier alpha value is -2.77. The van der Waals surface area contributed by atoms with Crippen molar-refractivity contribution < 1.29 is 28.8 Å². The Morgan fingerprint density at radius 2 is 1.90 bits per heavy atom. The van der Waals surface area contributed by atoms with E-state index in [1.54, 1.807) is 0 Å². The molecule has 0 aromatic carbocycles. The van der Waals surface area contributed by atoms with Gasteiger partial charge in [0.25, 0.3) is 0 Å². The highest BCUT2D eigenvalue weighted by Crippen LogP contribution is 2.56. The molecule has 0 aromatic rings. The van der Waals surface area contributed by atoms with Crippen LogP contribution in [0.4, 0.5) is 0 Å². The number of ether oxygens (including phenoxy) is 4. The number of cyclic esters (lactones) is 1. The van der Waals surface area contributed by atoms with Crippen LogP contribution in [0.1, 0.15) is 44.9 Å². The molecule has 1 aliphatic heterocycles. The maximum absolute atomic E-state index is 12.7. The van der Waals surface area contributed by atoms with E-state index in [4.69, 9.17) is 24.1 Å². The number of rotatable bonds is 11. The summed E-state index contributed by atoms with van der Waals surface area (Å²) in [7, 11) is 0. The molecule has 0 amide bonds. The lowest BCUT2D eigenvalue weighted by Gasteiger charge is -2.36. The second-order valence-corrected chi connectivity index (χ2v) is 11.7. The van der Waals surface area contributed by atoms with Gasteiger partial charge in [0, 0.05) is 17.8 Å². The number of fused-ring (bicyclic) bond motifs is 1. The van der Waals surface area contributed by atoms with Crippen LogP contribution >= 0.6 is 0 Å². The maximum atomic E-state index is 12.7. The van der Waals surface area contributed by atoms with Gasteiger partial charge < -0.3 is 24.1 Å². The molecule has 6 rings (SSSR count). The number of allylic oxidation sites excluding steroid dienone is 11. The number of hydrogen-bond donors (Lipinski definition) is 1. The third kappa shape index (κ3) is 8.62. The molecule has 41 heavy (non-hydrogen) atoms. The summed E-state index contributed by atoms with van der Waals surface area (Å²) in [6.45, 7) is 2.24. The van der Waals surface area contributed by atoms with Crippen molar-refractivity contribution in [2.24, 2.45) is 17.3 Å². The van der Waals surface area contributed by atoms with Gasteiger partial charge in [-0.05, 0) is 55.6 Å². The fourth-order valence-electron chi connectivity index (χ4n) is 5.78. The normalized spacial score (nSPS) is 32.9. The van der Waals surface area contributed by atoms with E-state index < -0.39 is 12.2 Å². The van der Waals surface area contributed by atoms with Crippen LogP contribution in [0.5, 0.6) is 0 Å². The van der Waals surface area contributed by atoms with Gasteiger partial charge in [0.05, 0.1) is 39.1 Å². The lowest BCUT2D eigenvalue weighted by atomic mass is 9.99. The minimum Gasteiger partial charge on any atom is -0.455 e. The van der Waals surface area contributed by atoms with E-state index in [2.05, 4.69) is 72.9 Å². The molecule has 0 aromatic heterocycles. The first-order valence-electron chi connectivity index (χ1n) is 15.2. The number of aliphatic hydroxyl groups excluding tert-OH is 1. The molecular formula is C35H44O6. The molecule has 220 valence electrons. The molecule has 0 spiro atoms. The van der Waals surface area contributed by atoms with Crippen LogP contribution < -0.4 is 0 Å². The predicted octanol–water partition coefficient (Wildman–Crippen LogP) is 5.89. The Morgan fingerprint density at radius 1 is 0.976 bits per heavy atom. The lowest BCUT2D eigenvalue weighted by molar-refractivity contribution is -0.197. The van der Waals surface area contributed by atoms with Crippen molar-refractivity contribution in [3.05, 3.63) is 96.2 Å². The van der Waals surface area contributed by atoms with Gasteiger partial charge in [-0.1, -0.05) is 85.1 Å². The molecule has 6 heteroatoms. The molecule has 0 radical (unpaired) electrons. The summed E-state index contributed by atoms with van der Waals surface area (Å²) in [4.78, 5) is 12.7. The van der Waals surface area contributed by atoms with Crippen molar-refractivity contribution >= 4 is 5.97 Å². The van der Waals surface area contributed by atoms with Crippen molar-refractivity contribution in [1.29, 1.82) is 0 Å². The van der Waals surface area contributed by atoms with Crippen LogP contribution in [0.15, 0.2) is 96.2 Å². The minimum atomic E-state index is -0.608. The first-order valence-corrected chi connectivity index (χ1v) is 15.2. The van der Waals surface area contributed by atoms with E-state index >= 15 is 0 Å². The van der Waals surface area contributed by atoms with Gasteiger partial charge in [-0.2, -0.15) is 0 Å². The predicted molar refractivity (Wildman–Crippen MR) is 160 cm³/mol. The van der Waals surface area contributed by atoms with Crippen molar-refractivity contribution in [3.8, 4) is 0 Å². The van der Waals surface area contributed by atoms with Crippen LogP contribution in [0.25, 0.3) is 0 Å². The highest BCUT2D eigenvalue weighted by atomic mass is 16.6. The van der Waals surface area contributed by atoms with Crippen molar-refractivity contribution in [2.75, 3.05) is 33.0 Å². The summed E-state index contributed by atoms with van der Waals surface area (Å²) < 4.78 is 24.2. The van der Waals surface area contributed by atoms with E-state index in [0.717, 1.165) is 49.7 Å². The summed E-state index contributed by atoms with van der Waals surface area (Å²) in [6.07, 6.45) is 35.2. The van der Waals surface area contributed by atoms with Gasteiger partial charge in [-0.3, -0.25) is 0 Å². The number of hydrogen-bond acceptors (Lipinski definition) is 6. The molecule has 1 saturated heterocycles. The summed E-state index contributed by atoms with van der Waals surface area (Å²) in [5, 5.41) is 8.59. The minimum absolute atomic E-state index is 0.106. The van der Waals surface area contributed by atoms with Gasteiger partial charge in [0.1, 0.15) is 0 Å². The average molecular weight is 561 g/mol. The van der Waals surface area contributed by atoms with E-state index in [1.165, 1.54) is 0 Å². The highest BCUT2D eigenvalue weighted by molar-refractivity contribution is 5.76. The topological polar surface area (TPSA) is 74.2 Å². The van der Waals surface area contributed by atoms with E-state index in [-0.39, 0.29) is 24.1 Å². The Labute approximate surface area is 244 Å². The molecule has 1 saturated carbocycles. The maximum Gasteiger partial charge on any atom is 0.335 e. The first kappa shape index (κ1) is 29.7. The van der Waals surface area contributed by atoms with Gasteiger partial charge in [-0.25, -0.2) is 4.79 Å². The van der Waals surface area contributed by atoms with E-state index in [1.807, 2.05) is 12.2 Å². The molecule has 6 nitrogen and oxygen atoms in total. The van der Waals surface area contributed by atoms with Crippen LogP contribution in [0.3, 0.4) is 0 Å². The molecule has 2 fully saturated rings. The highest BCUT2D eigenvalue weighted by Gasteiger charge is 2.52. The standard InChI is InChI=1S/C28H34O5.C7H10O/c29-27-25(31-18-22-11-5-2-6-12-22)15-24(32-20-28-14-8-7-13-23(28)16-28)26(33-27)19-30-17-21-9-3-1-4-10-21;8-6-7-4-2-1-3-5-7/h1,3-5,7-9,11-14,21,23-26H,2,6,10,15-20H2;1-2,4,8H,3,5-6H2. The van der Waals surface area contributed by atoms with Gasteiger partial charge in [-0.15, -0.1) is 0 Å². The molecule has 6 atom stereocenters. The van der Waals surface area contributed by atoms with Crippen molar-refractivity contribution in [3.63, 3.8) is 0 Å². The fraction of sp³-hybridized carbons (Fsp3) is 0.514. The van der Waals surface area contributed by atoms with Crippen LogP contribution in [-0.2, 0) is 23.7 Å². The largest absolute Gasteiger partial charge is 0.455 e. The first-order chi connectivity index (χ1) is 20.1. The van der Waals surface area contributed by atoms with Crippen LogP contribution in [0, 0.1) is 17.3 Å². The zero-order valence-corrected chi connectivity index (χ0v) is 23.9. The Kier molecular flexibility index (Phi) is 10.8. The summed E-state index contributed by atoms with van der Waals surface area (Å²) >= 11 is 0. The number of aliphatic hydroxyl groups is 1. The Bertz CT molecular complexity index is 1140. The smallest absolute Gasteiger partial charge is 0.335 e. The molecular weight excluding hydrogens is 516 g/mol. The number of carbonyl (C=O) groups is 1. The van der Waals surface area contributed by atoms with Crippen molar-refractivity contribution in [2.45, 2.75) is 63.3 Å². The van der Waals surface area contributed by atoms with E-state index in [9.17, 15) is 4.79 Å². The summed E-state index contributed by atoms with van der Waals surface area (Å²) in [5.41, 5.74) is 2.37. The van der Waals surface area contributed by atoms with Gasteiger partial charge in [0.2, 0.25) is 0 Å². The summed E-state index contributed by atoms with van der Waals surface area (Å²) in [6, 6.07) is 0. The molecule has 6 aliphatic rings.